The molecule has 29 heavy (non-hydrogen) atoms. The van der Waals surface area contributed by atoms with Crippen molar-refractivity contribution in [3.8, 4) is 0 Å². The van der Waals surface area contributed by atoms with E-state index in [1.165, 1.54) is 23.1 Å². The molecule has 150 valence electrons. The summed E-state index contributed by atoms with van der Waals surface area (Å²) in [6.45, 7) is 0.414. The second-order valence-corrected chi connectivity index (χ2v) is 9.08. The second-order valence-electron chi connectivity index (χ2n) is 6.45. The van der Waals surface area contributed by atoms with Crippen LogP contribution in [-0.2, 0) is 0 Å². The van der Waals surface area contributed by atoms with E-state index in [0.717, 1.165) is 31.7 Å². The summed E-state index contributed by atoms with van der Waals surface area (Å²) < 4.78 is 0.823. The number of aliphatic hydroxyl groups excluding tert-OH is 1. The predicted molar refractivity (Wildman–Crippen MR) is 123 cm³/mol. The molecule has 0 aliphatic heterocycles. The SMILES string of the molecule is CN(c1nnc(SCC(O)CNc2ccccc2Cl)s1)c1c[nH]c2ccccc12. The molecule has 0 saturated heterocycles. The molecular weight excluding hydrogens is 426 g/mol. The van der Waals surface area contributed by atoms with E-state index in [-0.39, 0.29) is 0 Å². The van der Waals surface area contributed by atoms with Gasteiger partial charge in [0, 0.05) is 36.4 Å². The van der Waals surface area contributed by atoms with Crippen LogP contribution >= 0.6 is 34.7 Å². The molecule has 3 N–H and O–H groups in total. The van der Waals surface area contributed by atoms with Gasteiger partial charge < -0.3 is 20.3 Å². The van der Waals surface area contributed by atoms with E-state index >= 15 is 0 Å². The van der Waals surface area contributed by atoms with E-state index in [9.17, 15) is 5.11 Å². The quantitative estimate of drug-likeness (QED) is 0.331. The van der Waals surface area contributed by atoms with Crippen LogP contribution in [-0.4, -0.2) is 45.7 Å². The van der Waals surface area contributed by atoms with Crippen molar-refractivity contribution in [3.05, 3.63) is 59.8 Å². The smallest absolute Gasteiger partial charge is 0.213 e. The van der Waals surface area contributed by atoms with Crippen molar-refractivity contribution < 1.29 is 5.11 Å². The van der Waals surface area contributed by atoms with Gasteiger partial charge in [-0.05, 0) is 18.2 Å². The number of benzene rings is 2. The Morgan fingerprint density at radius 1 is 1.21 bits per heavy atom. The zero-order valence-corrected chi connectivity index (χ0v) is 18.1. The predicted octanol–water partition coefficient (Wildman–Crippen LogP) is 5.01. The second kappa shape index (κ2) is 9.04. The minimum atomic E-state index is -0.532. The maximum Gasteiger partial charge on any atom is 0.213 e. The Morgan fingerprint density at radius 2 is 2.00 bits per heavy atom. The number of nitrogens with zero attached hydrogens (tertiary/aromatic N) is 3. The molecule has 0 bridgehead atoms. The fourth-order valence-electron chi connectivity index (χ4n) is 2.89. The molecule has 4 aromatic rings. The molecule has 0 saturated carbocycles. The number of hydrogen-bond donors (Lipinski definition) is 3. The molecule has 0 amide bonds. The molecule has 2 aromatic heterocycles. The zero-order chi connectivity index (χ0) is 20.2. The van der Waals surface area contributed by atoms with Gasteiger partial charge in [0.15, 0.2) is 4.34 Å². The standard InChI is InChI=1S/C20H20ClN5OS2/c1-26(18-11-23-16-8-4-2-6-14(16)18)19-24-25-20(29-19)28-12-13(27)10-22-17-9-5-3-7-15(17)21/h2-9,11,13,22-23,27H,10,12H2,1H3. The van der Waals surface area contributed by atoms with E-state index in [0.29, 0.717) is 17.3 Å². The Hall–Kier alpha value is -2.26. The number of rotatable bonds is 8. The topological polar surface area (TPSA) is 77.1 Å². The van der Waals surface area contributed by atoms with Crippen LogP contribution in [0.5, 0.6) is 0 Å². The van der Waals surface area contributed by atoms with Gasteiger partial charge in [-0.25, -0.2) is 0 Å². The van der Waals surface area contributed by atoms with Gasteiger partial charge in [-0.3, -0.25) is 0 Å². The van der Waals surface area contributed by atoms with Gasteiger partial charge in [-0.1, -0.05) is 65.0 Å². The number of aromatic amines is 1. The molecule has 0 aliphatic rings. The van der Waals surface area contributed by atoms with Crippen molar-refractivity contribution in [3.63, 3.8) is 0 Å². The van der Waals surface area contributed by atoms with Crippen molar-refractivity contribution in [2.45, 2.75) is 10.4 Å². The van der Waals surface area contributed by atoms with E-state index in [4.69, 9.17) is 11.6 Å². The average Bonchev–Trinajstić information content (AvgIpc) is 3.38. The molecule has 0 fully saturated rings. The highest BCUT2D eigenvalue weighted by atomic mass is 35.5. The molecule has 0 aliphatic carbocycles. The summed E-state index contributed by atoms with van der Waals surface area (Å²) in [5, 5.41) is 24.6. The van der Waals surface area contributed by atoms with Crippen molar-refractivity contribution >= 4 is 62.1 Å². The van der Waals surface area contributed by atoms with Crippen LogP contribution < -0.4 is 10.2 Å². The summed E-state index contributed by atoms with van der Waals surface area (Å²) in [4.78, 5) is 5.30. The van der Waals surface area contributed by atoms with E-state index in [2.05, 4.69) is 26.6 Å². The lowest BCUT2D eigenvalue weighted by molar-refractivity contribution is 0.213. The first-order valence-corrected chi connectivity index (χ1v) is 11.2. The van der Waals surface area contributed by atoms with Gasteiger partial charge in [0.1, 0.15) is 0 Å². The minimum Gasteiger partial charge on any atom is -0.390 e. The van der Waals surface area contributed by atoms with Crippen LogP contribution in [0.2, 0.25) is 5.02 Å². The van der Waals surface area contributed by atoms with Crippen molar-refractivity contribution in [2.24, 2.45) is 0 Å². The Balaban J connectivity index is 1.34. The first-order valence-electron chi connectivity index (χ1n) is 9.04. The van der Waals surface area contributed by atoms with Crippen molar-refractivity contribution in [2.75, 3.05) is 29.6 Å². The monoisotopic (exact) mass is 445 g/mol. The molecule has 6 nitrogen and oxygen atoms in total. The number of hydrogen-bond acceptors (Lipinski definition) is 7. The lowest BCUT2D eigenvalue weighted by atomic mass is 10.2. The van der Waals surface area contributed by atoms with Crippen LogP contribution in [0.4, 0.5) is 16.5 Å². The highest BCUT2D eigenvalue weighted by molar-refractivity contribution is 8.01. The maximum atomic E-state index is 10.3. The highest BCUT2D eigenvalue weighted by Crippen LogP contribution is 2.35. The van der Waals surface area contributed by atoms with Gasteiger partial charge in [0.05, 0.1) is 22.5 Å². The van der Waals surface area contributed by atoms with E-state index in [1.54, 1.807) is 0 Å². The number of H-pyrrole nitrogens is 1. The highest BCUT2D eigenvalue weighted by Gasteiger charge is 2.15. The number of halogens is 1. The molecule has 9 heteroatoms. The number of aliphatic hydroxyl groups is 1. The third-order valence-corrected chi connectivity index (χ3v) is 7.02. The number of para-hydroxylation sites is 2. The molecule has 1 unspecified atom stereocenters. The Morgan fingerprint density at radius 3 is 2.86 bits per heavy atom. The summed E-state index contributed by atoms with van der Waals surface area (Å²) in [7, 11) is 1.98. The van der Waals surface area contributed by atoms with Gasteiger partial charge in [-0.15, -0.1) is 10.2 Å². The summed E-state index contributed by atoms with van der Waals surface area (Å²) in [5.74, 6) is 0.517. The van der Waals surface area contributed by atoms with Gasteiger partial charge >= 0.3 is 0 Å². The summed E-state index contributed by atoms with van der Waals surface area (Å²) in [5.41, 5.74) is 2.96. The Labute approximate surface area is 181 Å². The van der Waals surface area contributed by atoms with E-state index < -0.39 is 6.10 Å². The number of aromatic nitrogens is 3. The number of anilines is 3. The van der Waals surface area contributed by atoms with Crippen molar-refractivity contribution in [1.82, 2.24) is 15.2 Å². The summed E-state index contributed by atoms with van der Waals surface area (Å²) in [6.07, 6.45) is 1.44. The molecule has 2 aromatic carbocycles. The summed E-state index contributed by atoms with van der Waals surface area (Å²) >= 11 is 9.12. The fraction of sp³-hybridized carbons (Fsp3) is 0.200. The van der Waals surface area contributed by atoms with Gasteiger partial charge in [0.25, 0.3) is 0 Å². The third kappa shape index (κ3) is 4.67. The molecule has 4 rings (SSSR count). The fourth-order valence-corrected chi connectivity index (χ4v) is 4.86. The van der Waals surface area contributed by atoms with Gasteiger partial charge in [0.2, 0.25) is 5.13 Å². The first-order chi connectivity index (χ1) is 14.1. The largest absolute Gasteiger partial charge is 0.390 e. The summed E-state index contributed by atoms with van der Waals surface area (Å²) in [6, 6.07) is 15.6. The van der Waals surface area contributed by atoms with Crippen LogP contribution in [0.25, 0.3) is 10.9 Å². The minimum absolute atomic E-state index is 0.414. The third-order valence-electron chi connectivity index (χ3n) is 4.41. The zero-order valence-electron chi connectivity index (χ0n) is 15.7. The first kappa shape index (κ1) is 20.0. The molecule has 0 spiro atoms. The molecule has 0 radical (unpaired) electrons. The number of nitrogens with one attached hydrogen (secondary N) is 2. The molecule has 2 heterocycles. The van der Waals surface area contributed by atoms with Crippen LogP contribution in [0.1, 0.15) is 0 Å². The molecular formula is C20H20ClN5OS2. The van der Waals surface area contributed by atoms with E-state index in [1.807, 2.05) is 60.6 Å². The van der Waals surface area contributed by atoms with Gasteiger partial charge in [-0.2, -0.15) is 0 Å². The Bertz CT molecular complexity index is 1100. The van der Waals surface area contributed by atoms with Crippen LogP contribution in [0.15, 0.2) is 59.1 Å². The van der Waals surface area contributed by atoms with Crippen molar-refractivity contribution in [1.29, 1.82) is 0 Å². The number of thioether (sulfide) groups is 1. The number of fused-ring (bicyclic) bond motifs is 1. The average molecular weight is 446 g/mol. The normalized spacial score (nSPS) is 12.2. The maximum absolute atomic E-state index is 10.3. The lowest BCUT2D eigenvalue weighted by Gasteiger charge is -2.13. The molecule has 1 atom stereocenters. The van der Waals surface area contributed by atoms with Crippen LogP contribution in [0.3, 0.4) is 0 Å². The lowest BCUT2D eigenvalue weighted by Crippen LogP contribution is -2.21. The Kier molecular flexibility index (Phi) is 6.25. The van der Waals surface area contributed by atoms with Crippen LogP contribution in [0, 0.1) is 0 Å².